The van der Waals surface area contributed by atoms with Crippen LogP contribution in [0.1, 0.15) is 11.3 Å². The summed E-state index contributed by atoms with van der Waals surface area (Å²) in [5.41, 5.74) is -0.539. The second-order valence-electron chi connectivity index (χ2n) is 4.05. The van der Waals surface area contributed by atoms with Crippen molar-refractivity contribution in [3.8, 4) is 17.1 Å². The minimum absolute atomic E-state index is 0.00573. The van der Waals surface area contributed by atoms with Crippen LogP contribution in [0.5, 0.6) is 5.88 Å². The number of hydrogen-bond acceptors (Lipinski definition) is 5. The number of alkyl halides is 3. The molecular weight excluding hydrogens is 341 g/mol. The summed E-state index contributed by atoms with van der Waals surface area (Å²) in [5, 5.41) is 14.3. The normalized spacial score (nSPS) is 11.3. The van der Waals surface area contributed by atoms with Gasteiger partial charge in [0.15, 0.2) is 5.82 Å². The summed E-state index contributed by atoms with van der Waals surface area (Å²) < 4.78 is 44.6. The van der Waals surface area contributed by atoms with Crippen LogP contribution in [0.15, 0.2) is 17.2 Å². The first-order chi connectivity index (χ1) is 10.3. The number of nitriles is 1. The highest BCUT2D eigenvalue weighted by molar-refractivity contribution is 8.03. The minimum Gasteiger partial charge on any atom is -0.481 e. The number of nitrogens with zero attached hydrogens (tertiary/aromatic N) is 4. The number of methoxy groups -OCH3 is 1. The summed E-state index contributed by atoms with van der Waals surface area (Å²) in [7, 11) is 1.09. The number of thiocyanates is 1. The van der Waals surface area contributed by atoms with Crippen LogP contribution in [0.25, 0.3) is 5.82 Å². The van der Waals surface area contributed by atoms with Gasteiger partial charge in [-0.25, -0.2) is 4.68 Å². The van der Waals surface area contributed by atoms with E-state index in [1.165, 1.54) is 10.9 Å². The van der Waals surface area contributed by atoms with Crippen molar-refractivity contribution in [3.63, 3.8) is 0 Å². The van der Waals surface area contributed by atoms with Crippen LogP contribution in [-0.2, 0) is 6.18 Å². The van der Waals surface area contributed by atoms with Crippen LogP contribution < -0.4 is 4.74 Å². The quantitative estimate of drug-likeness (QED) is 0.623. The molecular formula is C12H8ClF3N4OS. The van der Waals surface area contributed by atoms with E-state index in [9.17, 15) is 13.2 Å². The first kappa shape index (κ1) is 16.5. The molecule has 2 heterocycles. The molecule has 0 unspecified atom stereocenters. The van der Waals surface area contributed by atoms with E-state index in [4.69, 9.17) is 21.6 Å². The van der Waals surface area contributed by atoms with E-state index in [-0.39, 0.29) is 10.8 Å². The smallest absolute Gasteiger partial charge is 0.421 e. The molecule has 0 spiro atoms. The minimum atomic E-state index is -4.64. The number of ether oxygens (including phenoxy) is 1. The molecule has 0 atom stereocenters. The van der Waals surface area contributed by atoms with Gasteiger partial charge in [0.05, 0.1) is 28.9 Å². The second kappa shape index (κ2) is 6.06. The van der Waals surface area contributed by atoms with Crippen LogP contribution in [0.4, 0.5) is 13.2 Å². The Balaban J connectivity index is 2.61. The molecule has 0 radical (unpaired) electrons. The Labute approximate surface area is 132 Å². The molecule has 0 aliphatic carbocycles. The highest BCUT2D eigenvalue weighted by Gasteiger charge is 2.36. The van der Waals surface area contributed by atoms with Gasteiger partial charge in [0.2, 0.25) is 5.88 Å². The molecule has 116 valence electrons. The van der Waals surface area contributed by atoms with E-state index in [1.807, 2.05) is 5.40 Å². The average molecular weight is 349 g/mol. The number of aromatic nitrogens is 3. The Morgan fingerprint density at radius 3 is 2.68 bits per heavy atom. The van der Waals surface area contributed by atoms with Gasteiger partial charge >= 0.3 is 6.18 Å². The summed E-state index contributed by atoms with van der Waals surface area (Å²) in [6, 6.07) is 0.737. The van der Waals surface area contributed by atoms with E-state index >= 15 is 0 Å². The van der Waals surface area contributed by atoms with E-state index in [1.54, 1.807) is 6.92 Å². The van der Waals surface area contributed by atoms with Gasteiger partial charge in [0, 0.05) is 0 Å². The lowest BCUT2D eigenvalue weighted by Crippen LogP contribution is -2.12. The Bertz CT molecular complexity index is 754. The predicted molar refractivity (Wildman–Crippen MR) is 74.1 cm³/mol. The first-order valence-electron chi connectivity index (χ1n) is 5.72. The summed E-state index contributed by atoms with van der Waals surface area (Å²) >= 11 is 6.79. The molecule has 0 aromatic carbocycles. The maximum Gasteiger partial charge on any atom is 0.421 e. The number of halogens is 4. The maximum absolute atomic E-state index is 12.9. The Hall–Kier alpha value is -1.92. The van der Waals surface area contributed by atoms with Gasteiger partial charge in [-0.2, -0.15) is 28.5 Å². The molecule has 2 rings (SSSR count). The fourth-order valence-electron chi connectivity index (χ4n) is 1.73. The van der Waals surface area contributed by atoms with E-state index < -0.39 is 17.6 Å². The predicted octanol–water partition coefficient (Wildman–Crippen LogP) is 3.83. The molecule has 0 saturated carbocycles. The zero-order chi connectivity index (χ0) is 16.5. The molecule has 0 aliphatic heterocycles. The lowest BCUT2D eigenvalue weighted by atomic mass is 10.2. The average Bonchev–Trinajstić information content (AvgIpc) is 2.79. The third-order valence-corrected chi connectivity index (χ3v) is 3.73. The van der Waals surface area contributed by atoms with Gasteiger partial charge < -0.3 is 4.74 Å². The van der Waals surface area contributed by atoms with Crippen molar-refractivity contribution in [1.29, 1.82) is 5.26 Å². The molecule has 2 aromatic rings. The monoisotopic (exact) mass is 348 g/mol. The molecule has 22 heavy (non-hydrogen) atoms. The lowest BCUT2D eigenvalue weighted by Gasteiger charge is -2.14. The van der Waals surface area contributed by atoms with Crippen LogP contribution in [0.3, 0.4) is 0 Å². The SMILES string of the molecule is COc1nc(-n2ncc(SC#N)c2C)c(Cl)cc1C(F)(F)F. The van der Waals surface area contributed by atoms with Crippen molar-refractivity contribution in [2.24, 2.45) is 0 Å². The van der Waals surface area contributed by atoms with Gasteiger partial charge in [0.1, 0.15) is 11.0 Å². The van der Waals surface area contributed by atoms with Crippen molar-refractivity contribution in [1.82, 2.24) is 14.8 Å². The van der Waals surface area contributed by atoms with E-state index in [0.29, 0.717) is 10.6 Å². The molecule has 2 aromatic heterocycles. The van der Waals surface area contributed by atoms with Crippen LogP contribution in [-0.4, -0.2) is 21.9 Å². The fourth-order valence-corrected chi connectivity index (χ4v) is 2.39. The standard InChI is InChI=1S/C12H8ClF3N4OS/c1-6-9(22-5-17)4-18-20(6)10-8(13)3-7(12(14,15)16)11(19-10)21-2/h3-4H,1-2H3. The van der Waals surface area contributed by atoms with Gasteiger partial charge in [-0.3, -0.25) is 0 Å². The van der Waals surface area contributed by atoms with Gasteiger partial charge in [-0.15, -0.1) is 0 Å². The molecule has 0 fully saturated rings. The summed E-state index contributed by atoms with van der Waals surface area (Å²) in [4.78, 5) is 4.35. The van der Waals surface area contributed by atoms with Gasteiger partial charge in [-0.1, -0.05) is 11.6 Å². The lowest BCUT2D eigenvalue weighted by molar-refractivity contribution is -0.139. The summed E-state index contributed by atoms with van der Waals surface area (Å²) in [6.07, 6.45) is -3.23. The van der Waals surface area contributed by atoms with Crippen LogP contribution in [0, 0.1) is 17.6 Å². The largest absolute Gasteiger partial charge is 0.481 e. The molecule has 0 N–H and O–H groups in total. The van der Waals surface area contributed by atoms with Crippen molar-refractivity contribution in [2.75, 3.05) is 7.11 Å². The molecule has 5 nitrogen and oxygen atoms in total. The Kier molecular flexibility index (Phi) is 4.53. The Morgan fingerprint density at radius 2 is 2.14 bits per heavy atom. The summed E-state index contributed by atoms with van der Waals surface area (Å²) in [6.45, 7) is 1.65. The van der Waals surface area contributed by atoms with Crippen LogP contribution in [0.2, 0.25) is 5.02 Å². The second-order valence-corrected chi connectivity index (χ2v) is 5.28. The number of rotatable bonds is 3. The first-order valence-corrected chi connectivity index (χ1v) is 6.91. The highest BCUT2D eigenvalue weighted by Crippen LogP contribution is 2.38. The zero-order valence-electron chi connectivity index (χ0n) is 11.3. The topological polar surface area (TPSA) is 63.7 Å². The number of thioether (sulfide) groups is 1. The van der Waals surface area contributed by atoms with Crippen LogP contribution >= 0.6 is 23.4 Å². The van der Waals surface area contributed by atoms with Crippen molar-refractivity contribution < 1.29 is 17.9 Å². The van der Waals surface area contributed by atoms with Crippen molar-refractivity contribution >= 4 is 23.4 Å². The fraction of sp³-hybridized carbons (Fsp3) is 0.250. The van der Waals surface area contributed by atoms with Crippen molar-refractivity contribution in [3.05, 3.63) is 28.5 Å². The number of hydrogen-bond donors (Lipinski definition) is 0. The van der Waals surface area contributed by atoms with E-state index in [0.717, 1.165) is 24.9 Å². The van der Waals surface area contributed by atoms with Crippen molar-refractivity contribution in [2.45, 2.75) is 18.0 Å². The highest BCUT2D eigenvalue weighted by atomic mass is 35.5. The third-order valence-electron chi connectivity index (χ3n) is 2.74. The molecule has 0 saturated heterocycles. The molecule has 0 bridgehead atoms. The van der Waals surface area contributed by atoms with Gasteiger partial charge in [-0.05, 0) is 24.8 Å². The number of pyridine rings is 1. The summed E-state index contributed by atoms with van der Waals surface area (Å²) in [5.74, 6) is -0.606. The molecule has 0 amide bonds. The maximum atomic E-state index is 12.9. The van der Waals surface area contributed by atoms with Gasteiger partial charge in [0.25, 0.3) is 0 Å². The van der Waals surface area contributed by atoms with E-state index in [2.05, 4.69) is 10.1 Å². The molecule has 10 heteroatoms. The molecule has 0 aliphatic rings. The Morgan fingerprint density at radius 1 is 1.45 bits per heavy atom. The third kappa shape index (κ3) is 2.98. The zero-order valence-corrected chi connectivity index (χ0v) is 12.8.